The van der Waals surface area contributed by atoms with Crippen molar-refractivity contribution in [2.45, 2.75) is 33.1 Å². The Morgan fingerprint density at radius 3 is 2.56 bits per heavy atom. The number of nitrogens with two attached hydrogens (primary N) is 1. The van der Waals surface area contributed by atoms with E-state index in [-0.39, 0.29) is 5.97 Å². The molecule has 0 bridgehead atoms. The van der Waals surface area contributed by atoms with Gasteiger partial charge >= 0.3 is 5.97 Å². The molecule has 2 N–H and O–H groups in total. The van der Waals surface area contributed by atoms with Crippen LogP contribution in [0.5, 0.6) is 0 Å². The molecule has 0 fully saturated rings. The maximum atomic E-state index is 11.8. The number of ether oxygens (including phenoxy) is 1. The highest BCUT2D eigenvalue weighted by atomic mass is 16.5. The van der Waals surface area contributed by atoms with Crippen LogP contribution in [0.15, 0.2) is 30.3 Å². The smallest absolute Gasteiger partial charge is 0.311 e. The normalized spacial score (nSPS) is 11.3. The van der Waals surface area contributed by atoms with E-state index in [0.29, 0.717) is 19.6 Å². The summed E-state index contributed by atoms with van der Waals surface area (Å²) < 4.78 is 5.29. The molecular formula is C15H23NO2. The average Bonchev–Trinajstić information content (AvgIpc) is 2.35. The van der Waals surface area contributed by atoms with Crippen LogP contribution in [0.4, 0.5) is 0 Å². The zero-order chi connectivity index (χ0) is 13.4. The van der Waals surface area contributed by atoms with E-state index in [1.54, 1.807) is 0 Å². The molecule has 0 aromatic heterocycles. The Morgan fingerprint density at radius 1 is 1.28 bits per heavy atom. The fraction of sp³-hybridized carbons (Fsp3) is 0.533. The number of hydrogen-bond acceptors (Lipinski definition) is 3. The van der Waals surface area contributed by atoms with Gasteiger partial charge < -0.3 is 10.5 Å². The lowest BCUT2D eigenvalue weighted by Gasteiger charge is -2.21. The first-order valence-corrected chi connectivity index (χ1v) is 6.47. The molecule has 0 amide bonds. The summed E-state index contributed by atoms with van der Waals surface area (Å²) in [4.78, 5) is 11.8. The number of carbonyl (C=O) groups is 1. The summed E-state index contributed by atoms with van der Waals surface area (Å²) in [6.07, 6.45) is 2.45. The number of carbonyl (C=O) groups excluding carboxylic acids is 1. The van der Waals surface area contributed by atoms with Crippen molar-refractivity contribution in [1.82, 2.24) is 0 Å². The summed E-state index contributed by atoms with van der Waals surface area (Å²) in [5.74, 6) is -0.152. The van der Waals surface area contributed by atoms with Crippen molar-refractivity contribution in [3.63, 3.8) is 0 Å². The van der Waals surface area contributed by atoms with Crippen LogP contribution in [0.3, 0.4) is 0 Å². The molecule has 1 rings (SSSR count). The summed E-state index contributed by atoms with van der Waals surface area (Å²) in [5, 5.41) is 0. The summed E-state index contributed by atoms with van der Waals surface area (Å²) in [5.41, 5.74) is 6.28. The molecule has 0 atom stereocenters. The van der Waals surface area contributed by atoms with E-state index in [1.807, 2.05) is 32.0 Å². The van der Waals surface area contributed by atoms with Crippen LogP contribution in [0.2, 0.25) is 0 Å². The molecule has 0 saturated heterocycles. The second-order valence-corrected chi connectivity index (χ2v) is 5.15. The Kier molecular flexibility index (Phi) is 5.86. The van der Waals surface area contributed by atoms with Gasteiger partial charge in [0.1, 0.15) is 0 Å². The maximum Gasteiger partial charge on any atom is 0.311 e. The predicted molar refractivity (Wildman–Crippen MR) is 73.2 cm³/mol. The Bertz CT molecular complexity index is 360. The molecule has 0 radical (unpaired) electrons. The molecular weight excluding hydrogens is 226 g/mol. The van der Waals surface area contributed by atoms with E-state index >= 15 is 0 Å². The Labute approximate surface area is 109 Å². The quantitative estimate of drug-likeness (QED) is 0.597. The van der Waals surface area contributed by atoms with Crippen LogP contribution in [-0.4, -0.2) is 19.1 Å². The van der Waals surface area contributed by atoms with Crippen molar-refractivity contribution in [2.24, 2.45) is 11.1 Å². The van der Waals surface area contributed by atoms with Crippen LogP contribution in [0.25, 0.3) is 0 Å². The van der Waals surface area contributed by atoms with E-state index in [0.717, 1.165) is 12.8 Å². The van der Waals surface area contributed by atoms with Gasteiger partial charge in [0.05, 0.1) is 12.0 Å². The second kappa shape index (κ2) is 7.17. The Balaban J connectivity index is 2.24. The molecule has 1 aromatic rings. The summed E-state index contributed by atoms with van der Waals surface area (Å²) in [7, 11) is 0. The average molecular weight is 249 g/mol. The van der Waals surface area contributed by atoms with Crippen LogP contribution in [-0.2, 0) is 16.0 Å². The third-order valence-electron chi connectivity index (χ3n) is 3.01. The van der Waals surface area contributed by atoms with Gasteiger partial charge in [0.2, 0.25) is 0 Å². The highest BCUT2D eigenvalue weighted by Crippen LogP contribution is 2.21. The zero-order valence-corrected chi connectivity index (χ0v) is 11.3. The van der Waals surface area contributed by atoms with Crippen molar-refractivity contribution in [2.75, 3.05) is 13.2 Å². The summed E-state index contributed by atoms with van der Waals surface area (Å²) in [6.45, 7) is 4.73. The fourth-order valence-electron chi connectivity index (χ4n) is 1.74. The third kappa shape index (κ3) is 4.88. The van der Waals surface area contributed by atoms with E-state index in [4.69, 9.17) is 10.5 Å². The van der Waals surface area contributed by atoms with Crippen LogP contribution >= 0.6 is 0 Å². The largest absolute Gasteiger partial charge is 0.465 e. The number of esters is 1. The molecule has 18 heavy (non-hydrogen) atoms. The van der Waals surface area contributed by atoms with Crippen molar-refractivity contribution >= 4 is 5.97 Å². The van der Waals surface area contributed by atoms with Gasteiger partial charge in [-0.05, 0) is 45.2 Å². The molecule has 1 aromatic carbocycles. The SMILES string of the molecule is CC(C)(CCN)C(=O)OCCCc1ccccc1. The highest BCUT2D eigenvalue weighted by molar-refractivity contribution is 5.75. The molecule has 3 heteroatoms. The standard InChI is InChI=1S/C15H23NO2/c1-15(2,10-11-16)14(17)18-12-6-9-13-7-4-3-5-8-13/h3-5,7-8H,6,9-12,16H2,1-2H3. The first kappa shape index (κ1) is 14.7. The lowest BCUT2D eigenvalue weighted by atomic mass is 9.90. The maximum absolute atomic E-state index is 11.8. The molecule has 0 heterocycles. The van der Waals surface area contributed by atoms with Crippen LogP contribution in [0, 0.1) is 5.41 Å². The minimum absolute atomic E-state index is 0.152. The second-order valence-electron chi connectivity index (χ2n) is 5.15. The summed E-state index contributed by atoms with van der Waals surface area (Å²) in [6, 6.07) is 10.2. The minimum Gasteiger partial charge on any atom is -0.465 e. The number of aryl methyl sites for hydroxylation is 1. The molecule has 0 aliphatic rings. The van der Waals surface area contributed by atoms with Gasteiger partial charge in [-0.2, -0.15) is 0 Å². The van der Waals surface area contributed by atoms with Gasteiger partial charge in [0.25, 0.3) is 0 Å². The first-order chi connectivity index (χ1) is 8.56. The topological polar surface area (TPSA) is 52.3 Å². The van der Waals surface area contributed by atoms with E-state index < -0.39 is 5.41 Å². The van der Waals surface area contributed by atoms with E-state index in [1.165, 1.54) is 5.56 Å². The minimum atomic E-state index is -0.471. The Hall–Kier alpha value is -1.35. The van der Waals surface area contributed by atoms with Gasteiger partial charge in [-0.1, -0.05) is 30.3 Å². The van der Waals surface area contributed by atoms with Crippen LogP contribution < -0.4 is 5.73 Å². The van der Waals surface area contributed by atoms with Crippen molar-refractivity contribution in [1.29, 1.82) is 0 Å². The van der Waals surface area contributed by atoms with E-state index in [9.17, 15) is 4.79 Å². The molecule has 0 spiro atoms. The van der Waals surface area contributed by atoms with Crippen LogP contribution in [0.1, 0.15) is 32.3 Å². The van der Waals surface area contributed by atoms with Crippen molar-refractivity contribution in [3.05, 3.63) is 35.9 Å². The Morgan fingerprint density at radius 2 is 1.94 bits per heavy atom. The number of rotatable bonds is 7. The van der Waals surface area contributed by atoms with E-state index in [2.05, 4.69) is 12.1 Å². The number of hydrogen-bond donors (Lipinski definition) is 1. The lowest BCUT2D eigenvalue weighted by Crippen LogP contribution is -2.29. The summed E-state index contributed by atoms with van der Waals surface area (Å²) >= 11 is 0. The van der Waals surface area contributed by atoms with Gasteiger partial charge in [-0.3, -0.25) is 4.79 Å². The molecule has 3 nitrogen and oxygen atoms in total. The molecule has 0 aliphatic heterocycles. The van der Waals surface area contributed by atoms with Gasteiger partial charge in [-0.25, -0.2) is 0 Å². The molecule has 0 saturated carbocycles. The monoisotopic (exact) mass is 249 g/mol. The lowest BCUT2D eigenvalue weighted by molar-refractivity contribution is -0.154. The molecule has 100 valence electrons. The zero-order valence-electron chi connectivity index (χ0n) is 11.3. The first-order valence-electron chi connectivity index (χ1n) is 6.47. The van der Waals surface area contributed by atoms with Gasteiger partial charge in [0, 0.05) is 0 Å². The molecule has 0 aliphatic carbocycles. The van der Waals surface area contributed by atoms with Gasteiger partial charge in [-0.15, -0.1) is 0 Å². The third-order valence-corrected chi connectivity index (χ3v) is 3.01. The highest BCUT2D eigenvalue weighted by Gasteiger charge is 2.28. The van der Waals surface area contributed by atoms with Crippen molar-refractivity contribution < 1.29 is 9.53 Å². The predicted octanol–water partition coefficient (Wildman–Crippen LogP) is 2.54. The molecule has 0 unspecified atom stereocenters. The fourth-order valence-corrected chi connectivity index (χ4v) is 1.74. The van der Waals surface area contributed by atoms with Crippen molar-refractivity contribution in [3.8, 4) is 0 Å². The number of benzene rings is 1. The van der Waals surface area contributed by atoms with Gasteiger partial charge in [0.15, 0.2) is 0 Å².